The van der Waals surface area contributed by atoms with Crippen molar-refractivity contribution in [3.05, 3.63) is 0 Å². The summed E-state index contributed by atoms with van der Waals surface area (Å²) in [6, 6.07) is 0. The summed E-state index contributed by atoms with van der Waals surface area (Å²) >= 11 is 1.75. The number of thioether (sulfide) groups is 1. The van der Waals surface area contributed by atoms with E-state index in [1.165, 1.54) is 0 Å². The van der Waals surface area contributed by atoms with Crippen LogP contribution in [0.3, 0.4) is 0 Å². The van der Waals surface area contributed by atoms with E-state index in [1.54, 1.807) is 11.8 Å². The average molecular weight is 185 g/mol. The van der Waals surface area contributed by atoms with Crippen molar-refractivity contribution in [2.75, 3.05) is 12.5 Å². The van der Waals surface area contributed by atoms with E-state index >= 15 is 0 Å². The van der Waals surface area contributed by atoms with Crippen molar-refractivity contribution in [3.8, 4) is 0 Å². The van der Waals surface area contributed by atoms with Crippen LogP contribution in [0, 0.1) is 0 Å². The van der Waals surface area contributed by atoms with Crippen LogP contribution in [0.5, 0.6) is 0 Å². The van der Waals surface area contributed by atoms with Gasteiger partial charge in [-0.05, 0) is 12.5 Å². The predicted octanol–water partition coefficient (Wildman–Crippen LogP) is -3.10. The molecule has 4 nitrogen and oxygen atoms in total. The van der Waals surface area contributed by atoms with Crippen molar-refractivity contribution < 1.29 is 50.8 Å². The Balaban J connectivity index is -0.0000000131. The van der Waals surface area contributed by atoms with Gasteiger partial charge >= 0.3 is 37.8 Å². The van der Waals surface area contributed by atoms with E-state index in [0.29, 0.717) is 0 Å². The molecule has 0 aromatic carbocycles. The van der Waals surface area contributed by atoms with E-state index in [0.717, 1.165) is 0 Å². The van der Waals surface area contributed by atoms with Gasteiger partial charge in [-0.2, -0.15) is 11.8 Å². The van der Waals surface area contributed by atoms with Crippen molar-refractivity contribution in [3.63, 3.8) is 0 Å². The van der Waals surface area contributed by atoms with Crippen LogP contribution in [0.25, 0.3) is 0 Å². The molecule has 54 valence electrons. The van der Waals surface area contributed by atoms with Gasteiger partial charge in [-0.1, -0.05) is 0 Å². The zero-order valence-electron chi connectivity index (χ0n) is 6.66. The monoisotopic (exact) mass is 185 g/mol. The molecule has 0 rings (SSSR count). The van der Waals surface area contributed by atoms with Gasteiger partial charge in [0.1, 0.15) is 0 Å². The van der Waals surface area contributed by atoms with Gasteiger partial charge in [0.25, 0.3) is 0 Å². The second kappa shape index (κ2) is 22.8. The average Bonchev–Trinajstić information content (AvgIpc) is 1.33. The Morgan fingerprint density at radius 1 is 1.44 bits per heavy atom. The number of hydrogen-bond acceptors (Lipinski definition) is 2. The van der Waals surface area contributed by atoms with Crippen molar-refractivity contribution in [1.29, 1.82) is 0 Å². The van der Waals surface area contributed by atoms with Gasteiger partial charge in [-0.25, -0.2) is 0 Å². The maximum atomic E-state index is 8.70. The standard InChI is InChI=1S/C2H6S.Na.HO3P.H2O.H/c1-3-2;;1-4(2)3;;/h1-2H3;;(H-,1,2,3);1H2;/q;+1;;;-1/p+1. The van der Waals surface area contributed by atoms with E-state index in [4.69, 9.17) is 14.4 Å². The van der Waals surface area contributed by atoms with E-state index in [-0.39, 0.29) is 36.5 Å². The molecule has 0 amide bonds. The van der Waals surface area contributed by atoms with E-state index in [1.807, 2.05) is 12.5 Å². The zero-order valence-corrected chi connectivity index (χ0v) is 9.37. The van der Waals surface area contributed by atoms with E-state index < -0.39 is 8.25 Å². The quantitative estimate of drug-likeness (QED) is 0.309. The van der Waals surface area contributed by atoms with Gasteiger partial charge in [0.15, 0.2) is 0 Å². The van der Waals surface area contributed by atoms with Gasteiger partial charge in [0, 0.05) is 4.57 Å². The summed E-state index contributed by atoms with van der Waals surface area (Å²) in [5, 5.41) is 0. The molecule has 0 spiro atoms. The fraction of sp³-hybridized carbons (Fsp3) is 1.00. The van der Waals surface area contributed by atoms with Gasteiger partial charge in [0.2, 0.25) is 0 Å². The number of hydrogen-bond donors (Lipinski definition) is 2. The summed E-state index contributed by atoms with van der Waals surface area (Å²) in [6.45, 7) is 0. The van der Waals surface area contributed by atoms with Crippen LogP contribution in [0.4, 0.5) is 0 Å². The maximum absolute atomic E-state index is 8.70. The number of rotatable bonds is 0. The van der Waals surface area contributed by atoms with Crippen LogP contribution in [0.15, 0.2) is 0 Å². The Labute approximate surface area is 83.1 Å². The molecule has 0 saturated heterocycles. The molecule has 7 heteroatoms. The van der Waals surface area contributed by atoms with Crippen molar-refractivity contribution in [2.24, 2.45) is 0 Å². The third-order valence-corrected chi connectivity index (χ3v) is 0. The molecule has 9 heavy (non-hydrogen) atoms. The van der Waals surface area contributed by atoms with Crippen molar-refractivity contribution in [2.45, 2.75) is 0 Å². The van der Waals surface area contributed by atoms with Crippen LogP contribution in [0.1, 0.15) is 1.43 Å². The summed E-state index contributed by atoms with van der Waals surface area (Å²) < 4.78 is 8.70. The molecule has 0 aromatic rings. The van der Waals surface area contributed by atoms with Crippen LogP contribution in [-0.2, 0) is 4.57 Å². The summed E-state index contributed by atoms with van der Waals surface area (Å²) in [7, 11) is -2.87. The summed E-state index contributed by atoms with van der Waals surface area (Å²) in [6.07, 6.45) is 4.08. The third-order valence-electron chi connectivity index (χ3n) is 0. The fourth-order valence-electron chi connectivity index (χ4n) is 0. The van der Waals surface area contributed by atoms with E-state index in [2.05, 4.69) is 0 Å². The minimum Gasteiger partial charge on any atom is -1.00 e. The molecule has 0 heterocycles. The minimum absolute atomic E-state index is 0. The normalized spacial score (nSPS) is 4.89. The molecule has 0 aliphatic heterocycles. The minimum atomic E-state index is -2.87. The Kier molecular flexibility index (Phi) is 56.8. The second-order valence-corrected chi connectivity index (χ2v) is 1.98. The first-order valence-corrected chi connectivity index (χ1v) is 4.20. The topological polar surface area (TPSA) is 89.0 Å². The molecule has 4 N–H and O–H groups in total. The molecule has 0 bridgehead atoms. The largest absolute Gasteiger partial charge is 1.00 e. The molecule has 0 unspecified atom stereocenters. The van der Waals surface area contributed by atoms with Crippen molar-refractivity contribution in [1.82, 2.24) is 0 Å². The molecule has 0 fully saturated rings. The summed E-state index contributed by atoms with van der Waals surface area (Å²) in [5.41, 5.74) is 0. The van der Waals surface area contributed by atoms with Gasteiger partial charge in [-0.3, -0.25) is 0 Å². The van der Waals surface area contributed by atoms with Gasteiger partial charge < -0.3 is 6.90 Å². The van der Waals surface area contributed by atoms with E-state index in [9.17, 15) is 0 Å². The Morgan fingerprint density at radius 3 is 1.44 bits per heavy atom. The Hall–Kier alpha value is 1.33. The summed E-state index contributed by atoms with van der Waals surface area (Å²) in [4.78, 5) is 14.2. The molecule has 0 saturated carbocycles. The second-order valence-electron chi connectivity index (χ2n) is 0.661. The molecule has 0 atom stereocenters. The molecule has 0 aliphatic carbocycles. The van der Waals surface area contributed by atoms with Crippen molar-refractivity contribution >= 4 is 20.0 Å². The first-order valence-electron chi connectivity index (χ1n) is 1.40. The van der Waals surface area contributed by atoms with Crippen LogP contribution < -0.4 is 29.6 Å². The summed E-state index contributed by atoms with van der Waals surface area (Å²) in [5.74, 6) is 0. The first kappa shape index (κ1) is 22.4. The van der Waals surface area contributed by atoms with Gasteiger partial charge in [-0.15, -0.1) is 9.79 Å². The third kappa shape index (κ3) is 283. The fourth-order valence-corrected chi connectivity index (χ4v) is 0. The van der Waals surface area contributed by atoms with Crippen LogP contribution in [-0.4, -0.2) is 27.8 Å². The zero-order chi connectivity index (χ0) is 6.28. The Bertz CT molecular complexity index is 54.5. The molecule has 0 aromatic heterocycles. The maximum Gasteiger partial charge on any atom is 1.00 e. The first-order chi connectivity index (χ1) is 3.15. The smallest absolute Gasteiger partial charge is 1.00 e. The van der Waals surface area contributed by atoms with Crippen LogP contribution >= 0.6 is 20.0 Å². The van der Waals surface area contributed by atoms with Crippen LogP contribution in [0.2, 0.25) is 0 Å². The molecule has 0 aliphatic rings. The molecular weight excluding hydrogens is 174 g/mol. The Morgan fingerprint density at radius 2 is 1.44 bits per heavy atom. The van der Waals surface area contributed by atoms with Gasteiger partial charge in [0.05, 0.1) is 0 Å². The molecule has 0 radical (unpaired) electrons. The predicted molar refractivity (Wildman–Crippen MR) is 36.2 cm³/mol. The molecular formula is C2H11NaO4PS+. The SMILES string of the molecule is CSC.O.O=[P+](O)O.[H-].[Na+].